The zero-order valence-corrected chi connectivity index (χ0v) is 8.98. The van der Waals surface area contributed by atoms with E-state index in [-0.39, 0.29) is 17.6 Å². The number of carbonyl (C=O) groups excluding carboxylic acids is 2. The van der Waals surface area contributed by atoms with Gasteiger partial charge in [-0.05, 0) is 13.8 Å². The standard InChI is InChI=1S/C11H11NO4/c1-4-5-8(11(15)16)12-9(13)6(2)7(3)10(12)14/h1,8H,5H2,2-3H3,(H,15,16). The predicted molar refractivity (Wildman–Crippen MR) is 55.1 cm³/mol. The van der Waals surface area contributed by atoms with Gasteiger partial charge in [0.25, 0.3) is 11.8 Å². The number of carboxylic acids is 1. The first-order valence-electron chi connectivity index (χ1n) is 4.63. The van der Waals surface area contributed by atoms with Gasteiger partial charge in [0.1, 0.15) is 6.04 Å². The average molecular weight is 221 g/mol. The van der Waals surface area contributed by atoms with Crippen molar-refractivity contribution in [3.63, 3.8) is 0 Å². The summed E-state index contributed by atoms with van der Waals surface area (Å²) < 4.78 is 0. The van der Waals surface area contributed by atoms with Crippen LogP contribution in [0.2, 0.25) is 0 Å². The van der Waals surface area contributed by atoms with Gasteiger partial charge in [0.05, 0.1) is 0 Å². The molecule has 1 aliphatic rings. The number of rotatable bonds is 3. The highest BCUT2D eigenvalue weighted by atomic mass is 16.4. The van der Waals surface area contributed by atoms with Crippen molar-refractivity contribution < 1.29 is 19.5 Å². The number of carboxylic acid groups (broad SMARTS) is 1. The Hall–Kier alpha value is -2.09. The Morgan fingerprint density at radius 2 is 1.81 bits per heavy atom. The van der Waals surface area contributed by atoms with Crippen molar-refractivity contribution in [2.24, 2.45) is 0 Å². The van der Waals surface area contributed by atoms with Gasteiger partial charge in [-0.1, -0.05) is 0 Å². The molecule has 0 aromatic heterocycles. The molecule has 1 heterocycles. The fourth-order valence-electron chi connectivity index (χ4n) is 1.46. The molecule has 1 N–H and O–H groups in total. The van der Waals surface area contributed by atoms with Gasteiger partial charge in [-0.15, -0.1) is 12.3 Å². The van der Waals surface area contributed by atoms with Crippen molar-refractivity contribution in [2.45, 2.75) is 26.3 Å². The van der Waals surface area contributed by atoms with Crippen LogP contribution in [0.5, 0.6) is 0 Å². The van der Waals surface area contributed by atoms with Crippen molar-refractivity contribution in [3.05, 3.63) is 11.1 Å². The molecule has 1 rings (SSSR count). The summed E-state index contributed by atoms with van der Waals surface area (Å²) >= 11 is 0. The van der Waals surface area contributed by atoms with Gasteiger partial charge in [-0.25, -0.2) is 4.79 Å². The third kappa shape index (κ3) is 1.70. The fourth-order valence-corrected chi connectivity index (χ4v) is 1.46. The van der Waals surface area contributed by atoms with E-state index in [9.17, 15) is 14.4 Å². The minimum atomic E-state index is -1.28. The lowest BCUT2D eigenvalue weighted by Gasteiger charge is -2.21. The van der Waals surface area contributed by atoms with E-state index in [4.69, 9.17) is 11.5 Å². The second-order valence-electron chi connectivity index (χ2n) is 3.49. The molecule has 0 saturated carbocycles. The Balaban J connectivity index is 3.08. The first-order valence-corrected chi connectivity index (χ1v) is 4.63. The molecule has 0 aromatic rings. The number of carbonyl (C=O) groups is 3. The lowest BCUT2D eigenvalue weighted by molar-refractivity contribution is -0.153. The SMILES string of the molecule is C#CCC(C(=O)O)N1C(=O)C(C)=C(C)C1=O. The van der Waals surface area contributed by atoms with Crippen LogP contribution in [0.15, 0.2) is 11.1 Å². The third-order valence-electron chi connectivity index (χ3n) is 2.55. The molecule has 1 aliphatic heterocycles. The van der Waals surface area contributed by atoms with Gasteiger partial charge in [-0.3, -0.25) is 14.5 Å². The van der Waals surface area contributed by atoms with Gasteiger partial charge >= 0.3 is 5.97 Å². The molecule has 5 heteroatoms. The average Bonchev–Trinajstić information content (AvgIpc) is 2.41. The molecule has 0 spiro atoms. The Bertz CT molecular complexity index is 417. The summed E-state index contributed by atoms with van der Waals surface area (Å²) in [5, 5.41) is 8.91. The van der Waals surface area contributed by atoms with E-state index in [0.717, 1.165) is 0 Å². The van der Waals surface area contributed by atoms with Crippen LogP contribution in [0.3, 0.4) is 0 Å². The van der Waals surface area contributed by atoms with E-state index in [0.29, 0.717) is 4.90 Å². The van der Waals surface area contributed by atoms with Crippen LogP contribution in [0, 0.1) is 12.3 Å². The second-order valence-corrected chi connectivity index (χ2v) is 3.49. The molecule has 0 aliphatic carbocycles. The summed E-state index contributed by atoms with van der Waals surface area (Å²) in [6, 6.07) is -1.28. The molecule has 1 unspecified atom stereocenters. The smallest absolute Gasteiger partial charge is 0.327 e. The molecule has 16 heavy (non-hydrogen) atoms. The van der Waals surface area contributed by atoms with E-state index < -0.39 is 23.8 Å². The molecule has 84 valence electrons. The van der Waals surface area contributed by atoms with E-state index in [1.807, 2.05) is 0 Å². The van der Waals surface area contributed by atoms with Crippen LogP contribution >= 0.6 is 0 Å². The number of amides is 2. The minimum absolute atomic E-state index is 0.187. The van der Waals surface area contributed by atoms with Crippen LogP contribution in [-0.4, -0.2) is 33.8 Å². The number of aliphatic carboxylic acids is 1. The Morgan fingerprint density at radius 1 is 1.38 bits per heavy atom. The summed E-state index contributed by atoms with van der Waals surface area (Å²) in [5.74, 6) is -0.282. The summed E-state index contributed by atoms with van der Waals surface area (Å²) in [6.45, 7) is 2.98. The highest BCUT2D eigenvalue weighted by Crippen LogP contribution is 2.23. The van der Waals surface area contributed by atoms with Crippen molar-refractivity contribution in [3.8, 4) is 12.3 Å². The molecular weight excluding hydrogens is 210 g/mol. The largest absolute Gasteiger partial charge is 0.480 e. The lowest BCUT2D eigenvalue weighted by Crippen LogP contribution is -2.45. The normalized spacial score (nSPS) is 17.7. The van der Waals surface area contributed by atoms with Crippen LogP contribution in [-0.2, 0) is 14.4 Å². The maximum atomic E-state index is 11.7. The zero-order chi connectivity index (χ0) is 12.5. The molecule has 2 amide bonds. The lowest BCUT2D eigenvalue weighted by atomic mass is 10.2. The van der Waals surface area contributed by atoms with E-state index >= 15 is 0 Å². The summed E-state index contributed by atoms with van der Waals surface area (Å²) in [4.78, 5) is 35.0. The Kier molecular flexibility index (Phi) is 3.14. The molecule has 0 radical (unpaired) electrons. The van der Waals surface area contributed by atoms with Crippen LogP contribution in [0.1, 0.15) is 20.3 Å². The molecule has 1 atom stereocenters. The van der Waals surface area contributed by atoms with Crippen LogP contribution in [0.4, 0.5) is 0 Å². The molecule has 0 saturated heterocycles. The van der Waals surface area contributed by atoms with Gasteiger partial charge in [-0.2, -0.15) is 0 Å². The molecule has 5 nitrogen and oxygen atoms in total. The number of hydrogen-bond donors (Lipinski definition) is 1. The first-order chi connectivity index (χ1) is 7.41. The fraction of sp³-hybridized carbons (Fsp3) is 0.364. The third-order valence-corrected chi connectivity index (χ3v) is 2.55. The van der Waals surface area contributed by atoms with Crippen molar-refractivity contribution >= 4 is 17.8 Å². The van der Waals surface area contributed by atoms with Crippen molar-refractivity contribution in [1.82, 2.24) is 4.90 Å². The number of hydrogen-bond acceptors (Lipinski definition) is 3. The number of nitrogens with zero attached hydrogens (tertiary/aromatic N) is 1. The maximum absolute atomic E-state index is 11.7. The molecule has 0 fully saturated rings. The zero-order valence-electron chi connectivity index (χ0n) is 8.98. The quantitative estimate of drug-likeness (QED) is 0.544. The van der Waals surface area contributed by atoms with Gasteiger partial charge in [0.15, 0.2) is 0 Å². The molecule has 0 aromatic carbocycles. The predicted octanol–water partition coefficient (Wildman–Crippen LogP) is 0.168. The molecule has 0 bridgehead atoms. The van der Waals surface area contributed by atoms with E-state index in [1.54, 1.807) is 0 Å². The summed E-state index contributed by atoms with van der Waals surface area (Å²) in [6.07, 6.45) is 4.83. The van der Waals surface area contributed by atoms with Gasteiger partial charge in [0, 0.05) is 17.6 Å². The Morgan fingerprint density at radius 3 is 2.12 bits per heavy atom. The Labute approximate surface area is 92.7 Å². The maximum Gasteiger partial charge on any atom is 0.327 e. The van der Waals surface area contributed by atoms with Gasteiger partial charge in [0.2, 0.25) is 0 Å². The van der Waals surface area contributed by atoms with Crippen LogP contribution in [0.25, 0.3) is 0 Å². The number of imide groups is 1. The molecular formula is C11H11NO4. The monoisotopic (exact) mass is 221 g/mol. The van der Waals surface area contributed by atoms with Gasteiger partial charge < -0.3 is 5.11 Å². The van der Waals surface area contributed by atoms with Crippen molar-refractivity contribution in [1.29, 1.82) is 0 Å². The minimum Gasteiger partial charge on any atom is -0.480 e. The topological polar surface area (TPSA) is 74.7 Å². The van der Waals surface area contributed by atoms with Crippen molar-refractivity contribution in [2.75, 3.05) is 0 Å². The van der Waals surface area contributed by atoms with Crippen LogP contribution < -0.4 is 0 Å². The number of terminal acetylenes is 1. The second kappa shape index (κ2) is 4.19. The first kappa shape index (κ1) is 12.0. The van der Waals surface area contributed by atoms with E-state index in [1.165, 1.54) is 13.8 Å². The highest BCUT2D eigenvalue weighted by molar-refractivity contribution is 6.20. The van der Waals surface area contributed by atoms with E-state index in [2.05, 4.69) is 5.92 Å². The summed E-state index contributed by atoms with van der Waals surface area (Å²) in [7, 11) is 0. The summed E-state index contributed by atoms with van der Waals surface area (Å²) in [5.41, 5.74) is 0.543. The highest BCUT2D eigenvalue weighted by Gasteiger charge is 2.41.